The van der Waals surface area contributed by atoms with Crippen LogP contribution in [0.2, 0.25) is 5.02 Å². The predicted molar refractivity (Wildman–Crippen MR) is 82.1 cm³/mol. The molecule has 0 atom stereocenters. The Balaban J connectivity index is 1.70. The van der Waals surface area contributed by atoms with Crippen molar-refractivity contribution in [3.05, 3.63) is 29.3 Å². The van der Waals surface area contributed by atoms with Gasteiger partial charge in [0.2, 0.25) is 5.91 Å². The average molecular weight is 331 g/mol. The Bertz CT molecular complexity index is 583. The standard InChI is InChI=1S/C14H19ClN2O3S/c15-12-3-5-13(6-4-12)21(19,20)8-7-17-14(18)10-16-9-11-1-2-11/h3-6,11,16H,1-2,7-10H2,(H,17,18). The Morgan fingerprint density at radius 3 is 2.52 bits per heavy atom. The predicted octanol–water partition coefficient (Wildman–Crippen LogP) is 1.23. The summed E-state index contributed by atoms with van der Waals surface area (Å²) in [5, 5.41) is 6.15. The van der Waals surface area contributed by atoms with Gasteiger partial charge in [0.1, 0.15) is 0 Å². The van der Waals surface area contributed by atoms with Crippen molar-refractivity contribution < 1.29 is 13.2 Å². The summed E-state index contributed by atoms with van der Waals surface area (Å²) in [6.45, 7) is 1.20. The van der Waals surface area contributed by atoms with E-state index in [2.05, 4.69) is 10.6 Å². The van der Waals surface area contributed by atoms with Crippen molar-refractivity contribution in [1.29, 1.82) is 0 Å². The number of carbonyl (C=O) groups is 1. The Morgan fingerprint density at radius 2 is 1.90 bits per heavy atom. The van der Waals surface area contributed by atoms with Crippen molar-refractivity contribution in [1.82, 2.24) is 10.6 Å². The maximum Gasteiger partial charge on any atom is 0.233 e. The monoisotopic (exact) mass is 330 g/mol. The quantitative estimate of drug-likeness (QED) is 0.751. The number of hydrogen-bond donors (Lipinski definition) is 2. The molecule has 2 N–H and O–H groups in total. The van der Waals surface area contributed by atoms with Crippen LogP contribution in [-0.2, 0) is 14.6 Å². The van der Waals surface area contributed by atoms with Crippen molar-refractivity contribution in [2.24, 2.45) is 5.92 Å². The first-order valence-corrected chi connectivity index (χ1v) is 8.96. The van der Waals surface area contributed by atoms with Gasteiger partial charge in [-0.1, -0.05) is 11.6 Å². The molecule has 0 saturated heterocycles. The molecule has 1 saturated carbocycles. The lowest BCUT2D eigenvalue weighted by molar-refractivity contribution is -0.120. The molecule has 1 aromatic carbocycles. The molecule has 0 bridgehead atoms. The van der Waals surface area contributed by atoms with Crippen molar-refractivity contribution >= 4 is 27.3 Å². The third-order valence-corrected chi connectivity index (χ3v) is 5.27. The fraction of sp³-hybridized carbons (Fsp3) is 0.500. The summed E-state index contributed by atoms with van der Waals surface area (Å²) >= 11 is 5.72. The third-order valence-electron chi connectivity index (χ3n) is 3.28. The number of carbonyl (C=O) groups excluding carboxylic acids is 1. The highest BCUT2D eigenvalue weighted by atomic mass is 35.5. The number of rotatable bonds is 8. The molecule has 0 aliphatic heterocycles. The second-order valence-corrected chi connectivity index (χ2v) is 7.74. The van der Waals surface area contributed by atoms with Crippen LogP contribution in [0.5, 0.6) is 0 Å². The van der Waals surface area contributed by atoms with Crippen LogP contribution in [0.1, 0.15) is 12.8 Å². The van der Waals surface area contributed by atoms with Gasteiger partial charge in [-0.25, -0.2) is 8.42 Å². The maximum atomic E-state index is 12.0. The number of sulfone groups is 1. The zero-order valence-electron chi connectivity index (χ0n) is 11.6. The molecule has 1 aliphatic rings. The van der Waals surface area contributed by atoms with Crippen LogP contribution in [-0.4, -0.2) is 39.7 Å². The molecule has 0 spiro atoms. The molecular weight excluding hydrogens is 312 g/mol. The summed E-state index contributed by atoms with van der Waals surface area (Å²) in [7, 11) is -3.39. The van der Waals surface area contributed by atoms with Crippen LogP contribution < -0.4 is 10.6 Å². The van der Waals surface area contributed by atoms with Gasteiger partial charge in [0.15, 0.2) is 9.84 Å². The lowest BCUT2D eigenvalue weighted by atomic mass is 10.4. The highest BCUT2D eigenvalue weighted by molar-refractivity contribution is 7.91. The number of benzene rings is 1. The molecule has 21 heavy (non-hydrogen) atoms. The summed E-state index contributed by atoms with van der Waals surface area (Å²) in [6.07, 6.45) is 2.46. The minimum atomic E-state index is -3.39. The first kappa shape index (κ1) is 16.3. The molecule has 0 aromatic heterocycles. The molecule has 1 aliphatic carbocycles. The Kier molecular flexibility index (Phi) is 5.61. The van der Waals surface area contributed by atoms with Crippen molar-refractivity contribution in [3.8, 4) is 0 Å². The lowest BCUT2D eigenvalue weighted by Gasteiger charge is -2.07. The zero-order valence-corrected chi connectivity index (χ0v) is 13.2. The summed E-state index contributed by atoms with van der Waals surface area (Å²) < 4.78 is 24.1. The van der Waals surface area contributed by atoms with Crippen LogP contribution in [0, 0.1) is 5.92 Å². The van der Waals surface area contributed by atoms with Gasteiger partial charge in [0, 0.05) is 11.6 Å². The molecule has 0 unspecified atom stereocenters. The SMILES string of the molecule is O=C(CNCC1CC1)NCCS(=O)(=O)c1ccc(Cl)cc1. The van der Waals surface area contributed by atoms with Gasteiger partial charge >= 0.3 is 0 Å². The molecule has 2 rings (SSSR count). The molecule has 5 nitrogen and oxygen atoms in total. The summed E-state index contributed by atoms with van der Waals surface area (Å²) in [5.41, 5.74) is 0. The average Bonchev–Trinajstić information content (AvgIpc) is 3.23. The molecule has 0 radical (unpaired) electrons. The van der Waals surface area contributed by atoms with Crippen LogP contribution in [0.3, 0.4) is 0 Å². The first-order valence-electron chi connectivity index (χ1n) is 6.93. The van der Waals surface area contributed by atoms with E-state index in [1.54, 1.807) is 0 Å². The highest BCUT2D eigenvalue weighted by Crippen LogP contribution is 2.27. The fourth-order valence-corrected chi connectivity index (χ4v) is 3.14. The van der Waals surface area contributed by atoms with Gasteiger partial charge in [0.05, 0.1) is 17.2 Å². The molecule has 7 heteroatoms. The van der Waals surface area contributed by atoms with Crippen LogP contribution >= 0.6 is 11.6 Å². The van der Waals surface area contributed by atoms with E-state index in [-0.39, 0.29) is 29.6 Å². The number of nitrogens with one attached hydrogen (secondary N) is 2. The normalized spacial score (nSPS) is 14.9. The number of hydrogen-bond acceptors (Lipinski definition) is 4. The lowest BCUT2D eigenvalue weighted by Crippen LogP contribution is -2.37. The van der Waals surface area contributed by atoms with E-state index in [0.29, 0.717) is 10.9 Å². The van der Waals surface area contributed by atoms with Gasteiger partial charge < -0.3 is 10.6 Å². The zero-order chi connectivity index (χ0) is 15.3. The maximum absolute atomic E-state index is 12.0. The smallest absolute Gasteiger partial charge is 0.233 e. The van der Waals surface area contributed by atoms with E-state index >= 15 is 0 Å². The Morgan fingerprint density at radius 1 is 1.24 bits per heavy atom. The van der Waals surface area contributed by atoms with Crippen molar-refractivity contribution in [3.63, 3.8) is 0 Å². The molecule has 116 valence electrons. The van der Waals surface area contributed by atoms with Crippen LogP contribution in [0.15, 0.2) is 29.2 Å². The summed E-state index contributed by atoms with van der Waals surface area (Å²) in [5.74, 6) is 0.410. The second-order valence-electron chi connectivity index (χ2n) is 5.20. The first-order chi connectivity index (χ1) is 9.97. The highest BCUT2D eigenvalue weighted by Gasteiger charge is 2.20. The van der Waals surface area contributed by atoms with Crippen LogP contribution in [0.25, 0.3) is 0 Å². The van der Waals surface area contributed by atoms with Crippen molar-refractivity contribution in [2.75, 3.05) is 25.4 Å². The number of amides is 1. The molecule has 0 heterocycles. The molecule has 1 fully saturated rings. The van der Waals surface area contributed by atoms with Crippen molar-refractivity contribution in [2.45, 2.75) is 17.7 Å². The van der Waals surface area contributed by atoms with E-state index < -0.39 is 9.84 Å². The van der Waals surface area contributed by atoms with Gasteiger partial charge in [-0.15, -0.1) is 0 Å². The van der Waals surface area contributed by atoms with Gasteiger partial charge in [0.25, 0.3) is 0 Å². The Hall–Kier alpha value is -1.11. The summed E-state index contributed by atoms with van der Waals surface area (Å²) in [6, 6.07) is 6.01. The third kappa shape index (κ3) is 5.65. The minimum Gasteiger partial charge on any atom is -0.354 e. The van der Waals surface area contributed by atoms with E-state index in [0.717, 1.165) is 6.54 Å². The van der Waals surface area contributed by atoms with Gasteiger partial charge in [-0.2, -0.15) is 0 Å². The fourth-order valence-electron chi connectivity index (χ4n) is 1.86. The molecule has 1 aromatic rings. The van der Waals surface area contributed by atoms with E-state index in [1.165, 1.54) is 37.1 Å². The van der Waals surface area contributed by atoms with E-state index in [1.807, 2.05) is 0 Å². The molecule has 1 amide bonds. The van der Waals surface area contributed by atoms with Crippen LogP contribution in [0.4, 0.5) is 0 Å². The van der Waals surface area contributed by atoms with Gasteiger partial charge in [-0.3, -0.25) is 4.79 Å². The Labute approximate surface area is 130 Å². The van der Waals surface area contributed by atoms with E-state index in [4.69, 9.17) is 11.6 Å². The van der Waals surface area contributed by atoms with E-state index in [9.17, 15) is 13.2 Å². The topological polar surface area (TPSA) is 75.3 Å². The second kappa shape index (κ2) is 7.24. The largest absolute Gasteiger partial charge is 0.354 e. The minimum absolute atomic E-state index is 0.106. The van der Waals surface area contributed by atoms with Gasteiger partial charge in [-0.05, 0) is 49.6 Å². The number of halogens is 1. The molecular formula is C14H19ClN2O3S. The summed E-state index contributed by atoms with van der Waals surface area (Å²) in [4.78, 5) is 11.7.